The number of carboxylic acids is 1. The van der Waals surface area contributed by atoms with Gasteiger partial charge in [0.15, 0.2) is 9.84 Å². The van der Waals surface area contributed by atoms with Gasteiger partial charge in [-0.3, -0.25) is 9.69 Å². The molecule has 1 N–H and O–H groups in total. The molecule has 18 heavy (non-hydrogen) atoms. The van der Waals surface area contributed by atoms with Crippen LogP contribution in [0.5, 0.6) is 0 Å². The fourth-order valence-corrected chi connectivity index (χ4v) is 5.23. The Morgan fingerprint density at radius 2 is 1.83 bits per heavy atom. The van der Waals surface area contributed by atoms with Crippen LogP contribution in [0.25, 0.3) is 0 Å². The van der Waals surface area contributed by atoms with Crippen molar-refractivity contribution in [2.45, 2.75) is 49.3 Å². The summed E-state index contributed by atoms with van der Waals surface area (Å²) in [4.78, 5) is 13.7. The molecule has 1 aliphatic heterocycles. The molecule has 1 saturated heterocycles. The van der Waals surface area contributed by atoms with E-state index in [0.29, 0.717) is 32.4 Å². The van der Waals surface area contributed by atoms with Crippen molar-refractivity contribution >= 4 is 15.8 Å². The van der Waals surface area contributed by atoms with Crippen LogP contribution in [-0.2, 0) is 14.6 Å². The van der Waals surface area contributed by atoms with Crippen LogP contribution in [0.4, 0.5) is 0 Å². The Morgan fingerprint density at radius 3 is 2.33 bits per heavy atom. The highest BCUT2D eigenvalue weighted by Crippen LogP contribution is 2.41. The third-order valence-corrected chi connectivity index (χ3v) is 6.02. The molecule has 1 saturated carbocycles. The van der Waals surface area contributed by atoms with Gasteiger partial charge in [-0.1, -0.05) is 6.42 Å². The number of rotatable bonds is 3. The summed E-state index contributed by atoms with van der Waals surface area (Å²) in [6.45, 7) is 1.41. The molecule has 0 aromatic carbocycles. The zero-order chi connectivity index (χ0) is 13.4. The van der Waals surface area contributed by atoms with Gasteiger partial charge < -0.3 is 5.11 Å². The molecule has 2 unspecified atom stereocenters. The van der Waals surface area contributed by atoms with E-state index in [4.69, 9.17) is 0 Å². The first-order chi connectivity index (χ1) is 8.39. The number of carbonyl (C=O) groups is 1. The van der Waals surface area contributed by atoms with E-state index >= 15 is 0 Å². The molecule has 2 aliphatic rings. The topological polar surface area (TPSA) is 74.7 Å². The van der Waals surface area contributed by atoms with Gasteiger partial charge in [0.2, 0.25) is 0 Å². The highest BCUT2D eigenvalue weighted by molar-refractivity contribution is 7.91. The molecular formula is C12H21NO4S. The van der Waals surface area contributed by atoms with E-state index in [9.17, 15) is 18.3 Å². The maximum Gasteiger partial charge on any atom is 0.325 e. The fourth-order valence-electron chi connectivity index (χ4n) is 3.56. The highest BCUT2D eigenvalue weighted by atomic mass is 32.2. The van der Waals surface area contributed by atoms with Crippen LogP contribution in [0.1, 0.15) is 38.5 Å². The zero-order valence-corrected chi connectivity index (χ0v) is 11.6. The summed E-state index contributed by atoms with van der Waals surface area (Å²) in [7, 11) is -3.33. The average molecular weight is 275 g/mol. The predicted molar refractivity (Wildman–Crippen MR) is 68.3 cm³/mol. The van der Waals surface area contributed by atoms with Gasteiger partial charge in [-0.15, -0.1) is 0 Å². The van der Waals surface area contributed by atoms with Crippen LogP contribution < -0.4 is 0 Å². The number of hydrogen-bond donors (Lipinski definition) is 1. The first kappa shape index (κ1) is 13.8. The summed E-state index contributed by atoms with van der Waals surface area (Å²) >= 11 is 0. The second-order valence-corrected chi connectivity index (χ2v) is 7.72. The molecule has 5 nitrogen and oxygen atoms in total. The smallest absolute Gasteiger partial charge is 0.325 e. The second-order valence-electron chi connectivity index (χ2n) is 5.49. The molecule has 104 valence electrons. The molecule has 0 radical (unpaired) electrons. The molecule has 2 atom stereocenters. The van der Waals surface area contributed by atoms with Crippen LogP contribution in [0.15, 0.2) is 0 Å². The maximum absolute atomic E-state index is 11.9. The van der Waals surface area contributed by atoms with Crippen molar-refractivity contribution in [3.05, 3.63) is 0 Å². The molecule has 0 aromatic heterocycles. The van der Waals surface area contributed by atoms with Crippen LogP contribution in [0.2, 0.25) is 0 Å². The van der Waals surface area contributed by atoms with E-state index in [1.165, 1.54) is 6.26 Å². The summed E-state index contributed by atoms with van der Waals surface area (Å²) in [5, 5.41) is 8.89. The third kappa shape index (κ3) is 2.16. The molecule has 0 spiro atoms. The lowest BCUT2D eigenvalue weighted by molar-refractivity contribution is -0.151. The number of nitrogens with zero attached hydrogens (tertiary/aromatic N) is 1. The molecule has 0 bridgehead atoms. The summed E-state index contributed by atoms with van der Waals surface area (Å²) in [6, 6.07) is 0. The summed E-state index contributed by atoms with van der Waals surface area (Å²) < 4.78 is 23.8. The van der Waals surface area contributed by atoms with Crippen LogP contribution in [0.3, 0.4) is 0 Å². The highest BCUT2D eigenvalue weighted by Gasteiger charge is 2.57. The van der Waals surface area contributed by atoms with Crippen molar-refractivity contribution in [3.8, 4) is 0 Å². The number of hydrogen-bond acceptors (Lipinski definition) is 4. The number of likely N-dealkylation sites (tertiary alicyclic amines) is 1. The molecule has 2 rings (SSSR count). The lowest BCUT2D eigenvalue weighted by Crippen LogP contribution is -2.62. The van der Waals surface area contributed by atoms with Gasteiger partial charge in [0.1, 0.15) is 5.54 Å². The van der Waals surface area contributed by atoms with E-state index < -0.39 is 26.6 Å². The van der Waals surface area contributed by atoms with Gasteiger partial charge in [-0.25, -0.2) is 8.42 Å². The Kier molecular flexibility index (Phi) is 3.69. The standard InChI is InChI=1S/C12H21NO4S/c1-18(16,17)10-6-5-7-12(10,11(14)15)13-8-3-2-4-9-13/h10H,2-9H2,1H3,(H,14,15). The molecule has 0 amide bonds. The second kappa shape index (κ2) is 4.81. The molecule has 0 aromatic rings. The Hall–Kier alpha value is -0.620. The Morgan fingerprint density at radius 1 is 1.22 bits per heavy atom. The van der Waals surface area contributed by atoms with E-state index in [1.807, 2.05) is 4.90 Å². The van der Waals surface area contributed by atoms with Gasteiger partial charge in [0.05, 0.1) is 5.25 Å². The minimum Gasteiger partial charge on any atom is -0.480 e. The van der Waals surface area contributed by atoms with Crippen molar-refractivity contribution in [3.63, 3.8) is 0 Å². The molecular weight excluding hydrogens is 254 g/mol. The largest absolute Gasteiger partial charge is 0.480 e. The first-order valence-electron chi connectivity index (χ1n) is 6.56. The van der Waals surface area contributed by atoms with Crippen LogP contribution in [0, 0.1) is 0 Å². The number of carboxylic acid groups (broad SMARTS) is 1. The normalized spacial score (nSPS) is 34.6. The fraction of sp³-hybridized carbons (Fsp3) is 0.917. The van der Waals surface area contributed by atoms with E-state index in [2.05, 4.69) is 0 Å². The van der Waals surface area contributed by atoms with Gasteiger partial charge in [0, 0.05) is 6.26 Å². The molecule has 6 heteroatoms. The van der Waals surface area contributed by atoms with Crippen molar-refractivity contribution < 1.29 is 18.3 Å². The SMILES string of the molecule is CS(=O)(=O)C1CCCC1(C(=O)O)N1CCCCC1. The van der Waals surface area contributed by atoms with E-state index in [-0.39, 0.29) is 0 Å². The molecule has 1 aliphatic carbocycles. The van der Waals surface area contributed by atoms with Crippen molar-refractivity contribution in [1.82, 2.24) is 4.90 Å². The monoisotopic (exact) mass is 275 g/mol. The van der Waals surface area contributed by atoms with Crippen molar-refractivity contribution in [2.24, 2.45) is 0 Å². The van der Waals surface area contributed by atoms with Crippen molar-refractivity contribution in [1.29, 1.82) is 0 Å². The van der Waals surface area contributed by atoms with Gasteiger partial charge in [-0.2, -0.15) is 0 Å². The van der Waals surface area contributed by atoms with Gasteiger partial charge >= 0.3 is 5.97 Å². The van der Waals surface area contributed by atoms with Gasteiger partial charge in [0.25, 0.3) is 0 Å². The summed E-state index contributed by atoms with van der Waals surface area (Å²) in [5.41, 5.74) is -1.17. The van der Waals surface area contributed by atoms with E-state index in [0.717, 1.165) is 19.3 Å². The van der Waals surface area contributed by atoms with Gasteiger partial charge in [-0.05, 0) is 45.2 Å². The van der Waals surface area contributed by atoms with E-state index in [1.54, 1.807) is 0 Å². The molecule has 1 heterocycles. The minimum atomic E-state index is -3.33. The number of piperidine rings is 1. The zero-order valence-electron chi connectivity index (χ0n) is 10.8. The number of aliphatic carboxylic acids is 1. The van der Waals surface area contributed by atoms with Crippen molar-refractivity contribution in [2.75, 3.05) is 19.3 Å². The molecule has 2 fully saturated rings. The lowest BCUT2D eigenvalue weighted by atomic mass is 9.92. The quantitative estimate of drug-likeness (QED) is 0.828. The Balaban J connectivity index is 2.39. The first-order valence-corrected chi connectivity index (χ1v) is 8.52. The number of sulfone groups is 1. The predicted octanol–water partition coefficient (Wildman–Crippen LogP) is 0.893. The lowest BCUT2D eigenvalue weighted by Gasteiger charge is -2.43. The minimum absolute atomic E-state index is 0.458. The maximum atomic E-state index is 11.9. The summed E-state index contributed by atoms with van der Waals surface area (Å²) in [5.74, 6) is -0.961. The summed E-state index contributed by atoms with van der Waals surface area (Å²) in [6.07, 6.45) is 5.82. The third-order valence-electron chi connectivity index (χ3n) is 4.36. The van der Waals surface area contributed by atoms with Crippen LogP contribution in [-0.4, -0.2) is 54.5 Å². The van der Waals surface area contributed by atoms with Crippen LogP contribution >= 0.6 is 0 Å². The Bertz CT molecular complexity index is 427. The average Bonchev–Trinajstić information content (AvgIpc) is 2.75. The Labute approximate surface area is 108 Å².